The second-order valence-corrected chi connectivity index (χ2v) is 5.13. The van der Waals surface area contributed by atoms with Gasteiger partial charge in [0.1, 0.15) is 5.82 Å². The molecule has 0 saturated carbocycles. The van der Waals surface area contributed by atoms with Gasteiger partial charge in [0, 0.05) is 24.6 Å². The van der Waals surface area contributed by atoms with Crippen LogP contribution in [0.25, 0.3) is 0 Å². The van der Waals surface area contributed by atoms with Crippen molar-refractivity contribution >= 4 is 23.6 Å². The van der Waals surface area contributed by atoms with Gasteiger partial charge in [0.25, 0.3) is 5.91 Å². The number of carbonyl (C=O) groups excluding carboxylic acids is 1. The van der Waals surface area contributed by atoms with Gasteiger partial charge in [-0.1, -0.05) is 0 Å². The molecule has 0 radical (unpaired) electrons. The van der Waals surface area contributed by atoms with E-state index in [9.17, 15) is 14.0 Å². The van der Waals surface area contributed by atoms with Gasteiger partial charge < -0.3 is 10.0 Å². The zero-order valence-electron chi connectivity index (χ0n) is 9.56. The van der Waals surface area contributed by atoms with Gasteiger partial charge >= 0.3 is 5.97 Å². The van der Waals surface area contributed by atoms with E-state index in [-0.39, 0.29) is 17.0 Å². The van der Waals surface area contributed by atoms with Gasteiger partial charge in [-0.25, -0.2) is 9.18 Å². The molecule has 0 unspecified atom stereocenters. The summed E-state index contributed by atoms with van der Waals surface area (Å²) >= 11 is 1.76. The molecule has 2 rings (SSSR count). The van der Waals surface area contributed by atoms with Gasteiger partial charge in [0.05, 0.1) is 11.1 Å². The van der Waals surface area contributed by atoms with E-state index in [0.29, 0.717) is 13.1 Å². The Hall–Kier alpha value is -1.56. The number of carbonyl (C=O) groups is 2. The lowest BCUT2D eigenvalue weighted by Crippen LogP contribution is -2.38. The predicted octanol–water partition coefficient (Wildman–Crippen LogP) is 1.71. The Bertz CT molecular complexity index is 486. The minimum Gasteiger partial charge on any atom is -0.478 e. The second-order valence-electron chi connectivity index (χ2n) is 3.90. The van der Waals surface area contributed by atoms with Gasteiger partial charge in [-0.05, 0) is 18.2 Å². The molecule has 0 atom stereocenters. The molecule has 4 nitrogen and oxygen atoms in total. The SMILES string of the molecule is O=C(O)c1ccc(C(=O)N2CCSCC2)c(F)c1. The number of hydrogen-bond donors (Lipinski definition) is 1. The largest absolute Gasteiger partial charge is 0.478 e. The molecule has 1 amide bonds. The van der Waals surface area contributed by atoms with Crippen LogP contribution in [0, 0.1) is 5.82 Å². The third kappa shape index (κ3) is 2.64. The lowest BCUT2D eigenvalue weighted by atomic mass is 10.1. The molecule has 1 aromatic rings. The number of nitrogens with zero attached hydrogens (tertiary/aromatic N) is 1. The molecular weight excluding hydrogens is 257 g/mol. The van der Waals surface area contributed by atoms with Crippen LogP contribution in [0.1, 0.15) is 20.7 Å². The van der Waals surface area contributed by atoms with Crippen molar-refractivity contribution in [3.05, 3.63) is 35.1 Å². The molecule has 0 aromatic heterocycles. The first-order valence-electron chi connectivity index (χ1n) is 5.49. The van der Waals surface area contributed by atoms with Crippen LogP contribution in [-0.2, 0) is 0 Å². The normalized spacial score (nSPS) is 15.5. The zero-order chi connectivity index (χ0) is 13.1. The Morgan fingerprint density at radius 2 is 1.94 bits per heavy atom. The second kappa shape index (κ2) is 5.39. The van der Waals surface area contributed by atoms with Crippen LogP contribution >= 0.6 is 11.8 Å². The van der Waals surface area contributed by atoms with Crippen molar-refractivity contribution in [2.45, 2.75) is 0 Å². The molecule has 0 bridgehead atoms. The van der Waals surface area contributed by atoms with Crippen LogP contribution in [-0.4, -0.2) is 46.5 Å². The number of thioether (sulfide) groups is 1. The first-order valence-corrected chi connectivity index (χ1v) is 6.65. The van der Waals surface area contributed by atoms with Crippen molar-refractivity contribution in [1.29, 1.82) is 0 Å². The summed E-state index contributed by atoms with van der Waals surface area (Å²) in [4.78, 5) is 24.3. The summed E-state index contributed by atoms with van der Waals surface area (Å²) in [6.45, 7) is 1.20. The van der Waals surface area contributed by atoms with E-state index in [4.69, 9.17) is 5.11 Å². The van der Waals surface area contributed by atoms with E-state index in [0.717, 1.165) is 17.6 Å². The smallest absolute Gasteiger partial charge is 0.335 e. The van der Waals surface area contributed by atoms with Crippen molar-refractivity contribution in [3.8, 4) is 0 Å². The zero-order valence-corrected chi connectivity index (χ0v) is 10.4. The molecule has 1 N–H and O–H groups in total. The van der Waals surface area contributed by atoms with Crippen molar-refractivity contribution in [3.63, 3.8) is 0 Å². The summed E-state index contributed by atoms with van der Waals surface area (Å²) in [6, 6.07) is 3.37. The number of carboxylic acid groups (broad SMARTS) is 1. The van der Waals surface area contributed by atoms with E-state index in [2.05, 4.69) is 0 Å². The number of rotatable bonds is 2. The van der Waals surface area contributed by atoms with Crippen LogP contribution in [0.5, 0.6) is 0 Å². The fourth-order valence-corrected chi connectivity index (χ4v) is 2.66. The topological polar surface area (TPSA) is 57.6 Å². The fraction of sp³-hybridized carbons (Fsp3) is 0.333. The minimum absolute atomic E-state index is 0.0631. The molecule has 1 aromatic carbocycles. The van der Waals surface area contributed by atoms with E-state index in [1.165, 1.54) is 12.1 Å². The summed E-state index contributed by atoms with van der Waals surface area (Å²) in [7, 11) is 0. The van der Waals surface area contributed by atoms with Gasteiger partial charge in [-0.2, -0.15) is 11.8 Å². The highest BCUT2D eigenvalue weighted by molar-refractivity contribution is 7.99. The third-order valence-electron chi connectivity index (χ3n) is 2.74. The molecule has 6 heteroatoms. The van der Waals surface area contributed by atoms with Crippen molar-refractivity contribution in [2.75, 3.05) is 24.6 Å². The summed E-state index contributed by atoms with van der Waals surface area (Å²) in [6.07, 6.45) is 0. The quantitative estimate of drug-likeness (QED) is 0.888. The molecule has 1 fully saturated rings. The maximum Gasteiger partial charge on any atom is 0.335 e. The monoisotopic (exact) mass is 269 g/mol. The van der Waals surface area contributed by atoms with E-state index in [1.807, 2.05) is 0 Å². The Morgan fingerprint density at radius 1 is 1.28 bits per heavy atom. The van der Waals surface area contributed by atoms with Crippen LogP contribution in [0.2, 0.25) is 0 Å². The number of aromatic carboxylic acids is 1. The average Bonchev–Trinajstić information content (AvgIpc) is 2.38. The summed E-state index contributed by atoms with van der Waals surface area (Å²) in [5.74, 6) is -0.661. The Kier molecular flexibility index (Phi) is 3.86. The van der Waals surface area contributed by atoms with Crippen LogP contribution < -0.4 is 0 Å². The number of benzene rings is 1. The summed E-state index contributed by atoms with van der Waals surface area (Å²) in [5.41, 5.74) is -0.217. The molecule has 0 spiro atoms. The Balaban J connectivity index is 2.22. The number of hydrogen-bond acceptors (Lipinski definition) is 3. The summed E-state index contributed by atoms with van der Waals surface area (Å²) in [5, 5.41) is 8.72. The van der Waals surface area contributed by atoms with Crippen LogP contribution in [0.15, 0.2) is 18.2 Å². The van der Waals surface area contributed by atoms with Crippen LogP contribution in [0.4, 0.5) is 4.39 Å². The standard InChI is InChI=1S/C12H12FNO3S/c13-10-7-8(12(16)17)1-2-9(10)11(15)14-3-5-18-6-4-14/h1-2,7H,3-6H2,(H,16,17). The van der Waals surface area contributed by atoms with Gasteiger partial charge in [-0.15, -0.1) is 0 Å². The lowest BCUT2D eigenvalue weighted by molar-refractivity contribution is 0.0693. The lowest BCUT2D eigenvalue weighted by Gasteiger charge is -2.26. The first kappa shape index (κ1) is 12.9. The highest BCUT2D eigenvalue weighted by Crippen LogP contribution is 2.16. The number of carboxylic acids is 1. The highest BCUT2D eigenvalue weighted by atomic mass is 32.2. The fourth-order valence-electron chi connectivity index (χ4n) is 1.76. The molecular formula is C12H12FNO3S. The number of amides is 1. The minimum atomic E-state index is -1.21. The maximum absolute atomic E-state index is 13.7. The maximum atomic E-state index is 13.7. The molecule has 1 aliphatic rings. The van der Waals surface area contributed by atoms with E-state index >= 15 is 0 Å². The van der Waals surface area contributed by atoms with E-state index < -0.39 is 11.8 Å². The third-order valence-corrected chi connectivity index (χ3v) is 3.69. The van der Waals surface area contributed by atoms with Crippen molar-refractivity contribution < 1.29 is 19.1 Å². The molecule has 96 valence electrons. The van der Waals surface area contributed by atoms with Gasteiger partial charge in [0.2, 0.25) is 0 Å². The molecule has 18 heavy (non-hydrogen) atoms. The van der Waals surface area contributed by atoms with Gasteiger partial charge in [-0.3, -0.25) is 4.79 Å². The number of halogens is 1. The Labute approximate surface area is 108 Å². The molecule has 1 saturated heterocycles. The average molecular weight is 269 g/mol. The first-order chi connectivity index (χ1) is 8.59. The van der Waals surface area contributed by atoms with Crippen molar-refractivity contribution in [1.82, 2.24) is 4.90 Å². The molecule has 1 heterocycles. The van der Waals surface area contributed by atoms with Crippen LogP contribution in [0.3, 0.4) is 0 Å². The predicted molar refractivity (Wildman–Crippen MR) is 66.6 cm³/mol. The molecule has 1 aliphatic heterocycles. The summed E-state index contributed by atoms with van der Waals surface area (Å²) < 4.78 is 13.7. The van der Waals surface area contributed by atoms with Gasteiger partial charge in [0.15, 0.2) is 0 Å². The highest BCUT2D eigenvalue weighted by Gasteiger charge is 2.21. The van der Waals surface area contributed by atoms with Crippen molar-refractivity contribution in [2.24, 2.45) is 0 Å². The Morgan fingerprint density at radius 3 is 2.50 bits per heavy atom. The van der Waals surface area contributed by atoms with E-state index in [1.54, 1.807) is 16.7 Å². The molecule has 0 aliphatic carbocycles.